The largest absolute Gasteiger partial charge is 0.331 e. The maximum atomic E-state index is 5.82. The van der Waals surface area contributed by atoms with Crippen molar-refractivity contribution in [2.75, 3.05) is 0 Å². The molecule has 1 aromatic heterocycles. The minimum absolute atomic E-state index is 0.0881. The molecule has 1 unspecified atom stereocenters. The summed E-state index contributed by atoms with van der Waals surface area (Å²) in [7, 11) is 0. The normalized spacial score (nSPS) is 12.7. The molecule has 1 atom stereocenters. The monoisotopic (exact) mass is 215 g/mol. The van der Waals surface area contributed by atoms with Gasteiger partial charge in [-0.2, -0.15) is 0 Å². The van der Waals surface area contributed by atoms with Crippen molar-refractivity contribution in [3.8, 4) is 11.3 Å². The smallest absolute Gasteiger partial charge is 0.0950 e. The quantitative estimate of drug-likeness (QED) is 0.855. The molecule has 1 heterocycles. The molecular formula is C13H17N3. The van der Waals surface area contributed by atoms with Gasteiger partial charge in [-0.1, -0.05) is 24.3 Å². The van der Waals surface area contributed by atoms with Gasteiger partial charge in [0.15, 0.2) is 0 Å². The van der Waals surface area contributed by atoms with Gasteiger partial charge in [0.25, 0.3) is 0 Å². The van der Waals surface area contributed by atoms with Gasteiger partial charge in [-0.05, 0) is 25.0 Å². The molecule has 0 spiro atoms. The SMILES string of the molecule is CCn1cncc1-c1ccc(C(C)N)cc1. The molecule has 0 fully saturated rings. The second kappa shape index (κ2) is 4.49. The van der Waals surface area contributed by atoms with Crippen LogP contribution in [0.2, 0.25) is 0 Å². The standard InChI is InChI=1S/C13H17N3/c1-3-16-9-15-8-13(16)12-6-4-11(5-7-12)10(2)14/h4-10H,3,14H2,1-2H3. The minimum Gasteiger partial charge on any atom is -0.331 e. The number of hydrogen-bond acceptors (Lipinski definition) is 2. The first kappa shape index (κ1) is 10.9. The molecule has 3 nitrogen and oxygen atoms in total. The average Bonchev–Trinajstić information content (AvgIpc) is 2.77. The van der Waals surface area contributed by atoms with Crippen molar-refractivity contribution < 1.29 is 0 Å². The van der Waals surface area contributed by atoms with Crippen LogP contribution in [0.1, 0.15) is 25.5 Å². The topological polar surface area (TPSA) is 43.8 Å². The van der Waals surface area contributed by atoms with Gasteiger partial charge in [0.2, 0.25) is 0 Å². The molecule has 0 aliphatic rings. The molecule has 0 aliphatic heterocycles. The van der Waals surface area contributed by atoms with E-state index in [9.17, 15) is 0 Å². The van der Waals surface area contributed by atoms with Gasteiger partial charge in [-0.15, -0.1) is 0 Å². The van der Waals surface area contributed by atoms with Crippen LogP contribution in [0, 0.1) is 0 Å². The third-order valence-corrected chi connectivity index (χ3v) is 2.79. The number of imidazole rings is 1. The molecule has 2 rings (SSSR count). The van der Waals surface area contributed by atoms with Crippen molar-refractivity contribution in [1.82, 2.24) is 9.55 Å². The lowest BCUT2D eigenvalue weighted by atomic mass is 10.1. The van der Waals surface area contributed by atoms with E-state index in [2.05, 4.69) is 40.7 Å². The molecule has 0 bridgehead atoms. The lowest BCUT2D eigenvalue weighted by Crippen LogP contribution is -2.04. The fraction of sp³-hybridized carbons (Fsp3) is 0.308. The number of aryl methyl sites for hydroxylation is 1. The van der Waals surface area contributed by atoms with Crippen molar-refractivity contribution in [2.45, 2.75) is 26.4 Å². The molecule has 0 saturated heterocycles. The number of rotatable bonds is 3. The zero-order valence-corrected chi connectivity index (χ0v) is 9.72. The summed E-state index contributed by atoms with van der Waals surface area (Å²) in [6.07, 6.45) is 3.75. The second-order valence-electron chi connectivity index (χ2n) is 3.98. The van der Waals surface area contributed by atoms with E-state index in [4.69, 9.17) is 5.73 Å². The fourth-order valence-electron chi connectivity index (χ4n) is 1.77. The highest BCUT2D eigenvalue weighted by Gasteiger charge is 2.04. The molecule has 0 radical (unpaired) electrons. The predicted molar refractivity (Wildman–Crippen MR) is 65.9 cm³/mol. The summed E-state index contributed by atoms with van der Waals surface area (Å²) in [5.74, 6) is 0. The Morgan fingerprint density at radius 1 is 1.31 bits per heavy atom. The van der Waals surface area contributed by atoms with Gasteiger partial charge in [-0.25, -0.2) is 4.98 Å². The minimum atomic E-state index is 0.0881. The molecule has 16 heavy (non-hydrogen) atoms. The summed E-state index contributed by atoms with van der Waals surface area (Å²) in [5.41, 5.74) is 9.32. The van der Waals surface area contributed by atoms with Crippen molar-refractivity contribution >= 4 is 0 Å². The maximum Gasteiger partial charge on any atom is 0.0950 e. The Bertz CT molecular complexity index is 454. The third-order valence-electron chi connectivity index (χ3n) is 2.79. The van der Waals surface area contributed by atoms with E-state index in [1.807, 2.05) is 19.4 Å². The van der Waals surface area contributed by atoms with Gasteiger partial charge >= 0.3 is 0 Å². The highest BCUT2D eigenvalue weighted by Crippen LogP contribution is 2.21. The number of hydrogen-bond donors (Lipinski definition) is 1. The number of nitrogens with zero attached hydrogens (tertiary/aromatic N) is 2. The van der Waals surface area contributed by atoms with Crippen LogP contribution in [-0.2, 0) is 6.54 Å². The van der Waals surface area contributed by atoms with Gasteiger partial charge in [-0.3, -0.25) is 0 Å². The second-order valence-corrected chi connectivity index (χ2v) is 3.98. The molecule has 3 heteroatoms. The Hall–Kier alpha value is -1.61. The zero-order valence-electron chi connectivity index (χ0n) is 9.72. The van der Waals surface area contributed by atoms with E-state index in [0.717, 1.165) is 17.8 Å². The van der Waals surface area contributed by atoms with Crippen molar-refractivity contribution in [1.29, 1.82) is 0 Å². The lowest BCUT2D eigenvalue weighted by Gasteiger charge is -2.08. The first-order valence-corrected chi connectivity index (χ1v) is 5.58. The lowest BCUT2D eigenvalue weighted by molar-refractivity contribution is 0.768. The number of benzene rings is 1. The fourth-order valence-corrected chi connectivity index (χ4v) is 1.77. The van der Waals surface area contributed by atoms with Crippen LogP contribution in [0.15, 0.2) is 36.8 Å². The molecule has 0 saturated carbocycles. The van der Waals surface area contributed by atoms with E-state index in [1.54, 1.807) is 0 Å². The van der Waals surface area contributed by atoms with Gasteiger partial charge in [0.05, 0.1) is 18.2 Å². The summed E-state index contributed by atoms with van der Waals surface area (Å²) in [6.45, 7) is 5.04. The first-order valence-electron chi connectivity index (χ1n) is 5.58. The summed E-state index contributed by atoms with van der Waals surface area (Å²) in [6, 6.07) is 8.44. The Morgan fingerprint density at radius 2 is 2.00 bits per heavy atom. The predicted octanol–water partition coefficient (Wildman–Crippen LogP) is 2.59. The molecule has 1 aromatic carbocycles. The van der Waals surface area contributed by atoms with Crippen molar-refractivity contribution in [2.24, 2.45) is 5.73 Å². The van der Waals surface area contributed by atoms with Crippen molar-refractivity contribution in [3.63, 3.8) is 0 Å². The zero-order chi connectivity index (χ0) is 11.5. The van der Waals surface area contributed by atoms with E-state index in [0.29, 0.717) is 0 Å². The summed E-state index contributed by atoms with van der Waals surface area (Å²) >= 11 is 0. The van der Waals surface area contributed by atoms with Crippen LogP contribution in [0.4, 0.5) is 0 Å². The molecular weight excluding hydrogens is 198 g/mol. The summed E-state index contributed by atoms with van der Waals surface area (Å²) < 4.78 is 2.13. The number of nitrogens with two attached hydrogens (primary N) is 1. The van der Waals surface area contributed by atoms with E-state index >= 15 is 0 Å². The van der Waals surface area contributed by atoms with Crippen LogP contribution < -0.4 is 5.73 Å². The average molecular weight is 215 g/mol. The van der Waals surface area contributed by atoms with Crippen molar-refractivity contribution in [3.05, 3.63) is 42.4 Å². The van der Waals surface area contributed by atoms with Crippen LogP contribution in [0.5, 0.6) is 0 Å². The number of aromatic nitrogens is 2. The molecule has 2 aromatic rings. The van der Waals surface area contributed by atoms with E-state index in [1.165, 1.54) is 5.56 Å². The molecule has 0 amide bonds. The van der Waals surface area contributed by atoms with Gasteiger partial charge < -0.3 is 10.3 Å². The third kappa shape index (κ3) is 1.99. The van der Waals surface area contributed by atoms with Crippen LogP contribution >= 0.6 is 0 Å². The van der Waals surface area contributed by atoms with Crippen LogP contribution in [0.25, 0.3) is 11.3 Å². The molecule has 2 N–H and O–H groups in total. The summed E-state index contributed by atoms with van der Waals surface area (Å²) in [5, 5.41) is 0. The van der Waals surface area contributed by atoms with Crippen LogP contribution in [0.3, 0.4) is 0 Å². The summed E-state index contributed by atoms with van der Waals surface area (Å²) in [4.78, 5) is 4.17. The van der Waals surface area contributed by atoms with Gasteiger partial charge in [0.1, 0.15) is 0 Å². The van der Waals surface area contributed by atoms with E-state index in [-0.39, 0.29) is 6.04 Å². The Labute approximate surface area is 95.9 Å². The van der Waals surface area contributed by atoms with Crippen LogP contribution in [-0.4, -0.2) is 9.55 Å². The Morgan fingerprint density at radius 3 is 2.56 bits per heavy atom. The maximum absolute atomic E-state index is 5.82. The van der Waals surface area contributed by atoms with E-state index < -0.39 is 0 Å². The highest BCUT2D eigenvalue weighted by molar-refractivity contribution is 5.59. The van der Waals surface area contributed by atoms with Gasteiger partial charge in [0, 0.05) is 12.6 Å². The Balaban J connectivity index is 2.35. The first-order chi connectivity index (χ1) is 7.72. The highest BCUT2D eigenvalue weighted by atomic mass is 15.0. The Kier molecular flexibility index (Phi) is 3.06. The molecule has 0 aliphatic carbocycles. The molecule has 84 valence electrons.